The van der Waals surface area contributed by atoms with Gasteiger partial charge < -0.3 is 14.0 Å². The second-order valence-electron chi connectivity index (χ2n) is 6.75. The van der Waals surface area contributed by atoms with Crippen molar-refractivity contribution in [3.63, 3.8) is 0 Å². The molecule has 0 aliphatic carbocycles. The zero-order chi connectivity index (χ0) is 18.7. The molecule has 0 aliphatic rings. The molecule has 1 aromatic carbocycles. The van der Waals surface area contributed by atoms with Crippen molar-refractivity contribution < 1.29 is 14.3 Å². The van der Waals surface area contributed by atoms with E-state index in [0.29, 0.717) is 18.2 Å². The summed E-state index contributed by atoms with van der Waals surface area (Å²) >= 11 is 0. The van der Waals surface area contributed by atoms with Gasteiger partial charge >= 0.3 is 5.97 Å². The zero-order valence-corrected chi connectivity index (χ0v) is 15.7. The van der Waals surface area contributed by atoms with Crippen LogP contribution in [0, 0.1) is 5.92 Å². The molecule has 3 aromatic rings. The molecule has 0 bridgehead atoms. The van der Waals surface area contributed by atoms with Gasteiger partial charge in [0.05, 0.1) is 26.5 Å². The highest BCUT2D eigenvalue weighted by Crippen LogP contribution is 2.27. The summed E-state index contributed by atoms with van der Waals surface area (Å²) in [5, 5.41) is 1.14. The summed E-state index contributed by atoms with van der Waals surface area (Å²) in [5.74, 6) is 0.960. The molecule has 0 N–H and O–H groups in total. The topological polar surface area (TPSA) is 53.4 Å². The molecule has 0 amide bonds. The first-order valence-electron chi connectivity index (χ1n) is 8.72. The fourth-order valence-electron chi connectivity index (χ4n) is 3.16. The van der Waals surface area contributed by atoms with Gasteiger partial charge in [-0.3, -0.25) is 0 Å². The number of nitrogens with zero attached hydrogens (tertiary/aromatic N) is 2. The van der Waals surface area contributed by atoms with Crippen LogP contribution in [0.1, 0.15) is 35.7 Å². The smallest absolute Gasteiger partial charge is 0.356 e. The van der Waals surface area contributed by atoms with E-state index in [1.54, 1.807) is 13.2 Å². The van der Waals surface area contributed by atoms with Gasteiger partial charge in [0.25, 0.3) is 0 Å². The van der Waals surface area contributed by atoms with Crippen molar-refractivity contribution in [3.8, 4) is 5.75 Å². The number of ether oxygens (including phenoxy) is 2. The van der Waals surface area contributed by atoms with Crippen molar-refractivity contribution in [3.05, 3.63) is 59.5 Å². The van der Waals surface area contributed by atoms with Crippen LogP contribution in [0.25, 0.3) is 10.9 Å². The molecule has 5 nitrogen and oxygen atoms in total. The van der Waals surface area contributed by atoms with E-state index in [0.717, 1.165) is 28.8 Å². The number of carbonyl (C=O) groups excluding carboxylic acids is 1. The Balaban J connectivity index is 2.04. The predicted molar refractivity (Wildman–Crippen MR) is 102 cm³/mol. The molecule has 0 saturated heterocycles. The van der Waals surface area contributed by atoms with E-state index >= 15 is 0 Å². The van der Waals surface area contributed by atoms with E-state index in [1.165, 1.54) is 12.8 Å². The van der Waals surface area contributed by atoms with Crippen molar-refractivity contribution in [2.24, 2.45) is 5.92 Å². The van der Waals surface area contributed by atoms with E-state index in [9.17, 15) is 4.79 Å². The maximum Gasteiger partial charge on any atom is 0.356 e. The average Bonchev–Trinajstić information content (AvgIpc) is 2.96. The first kappa shape index (κ1) is 18.0. The minimum Gasteiger partial charge on any atom is -0.497 e. The van der Waals surface area contributed by atoms with E-state index in [-0.39, 0.29) is 0 Å². The molecule has 3 rings (SSSR count). The molecular weight excluding hydrogens is 328 g/mol. The first-order valence-corrected chi connectivity index (χ1v) is 8.72. The summed E-state index contributed by atoms with van der Waals surface area (Å²) in [7, 11) is 3.04. The van der Waals surface area contributed by atoms with Gasteiger partial charge in [0.2, 0.25) is 0 Å². The van der Waals surface area contributed by atoms with Crippen molar-refractivity contribution in [2.45, 2.75) is 26.8 Å². The fraction of sp³-hybridized carbons (Fsp3) is 0.333. The largest absolute Gasteiger partial charge is 0.497 e. The Kier molecular flexibility index (Phi) is 5.26. The predicted octanol–water partition coefficient (Wildman–Crippen LogP) is 4.08. The third-order valence-electron chi connectivity index (χ3n) is 4.33. The van der Waals surface area contributed by atoms with Gasteiger partial charge in [-0.15, -0.1) is 0 Å². The lowest BCUT2D eigenvalue weighted by atomic mass is 10.1. The van der Waals surface area contributed by atoms with Gasteiger partial charge in [0, 0.05) is 16.6 Å². The lowest BCUT2D eigenvalue weighted by Gasteiger charge is -2.13. The molecule has 2 heterocycles. The Morgan fingerprint density at radius 3 is 2.65 bits per heavy atom. The fourth-order valence-corrected chi connectivity index (χ4v) is 3.16. The molecular formula is C21H24N2O3. The number of rotatable bonds is 6. The Bertz CT molecular complexity index is 928. The monoisotopic (exact) mass is 352 g/mol. The molecule has 26 heavy (non-hydrogen) atoms. The Morgan fingerprint density at radius 1 is 1.15 bits per heavy atom. The molecule has 2 aromatic heterocycles. The number of pyridine rings is 1. The van der Waals surface area contributed by atoms with Gasteiger partial charge in [-0.05, 0) is 48.7 Å². The van der Waals surface area contributed by atoms with Crippen molar-refractivity contribution in [1.29, 1.82) is 0 Å². The summed E-state index contributed by atoms with van der Waals surface area (Å²) in [4.78, 5) is 16.2. The van der Waals surface area contributed by atoms with Crippen molar-refractivity contribution in [2.75, 3.05) is 14.2 Å². The summed E-state index contributed by atoms with van der Waals surface area (Å²) in [6.45, 7) is 5.01. The molecule has 0 atom stereocenters. The molecule has 0 fully saturated rings. The standard InChI is InChI=1S/C21H24N2O3/c1-14(2)10-17-11-15-12-18(25-3)8-9-20(15)23(17)13-16-6-5-7-19(22-16)21(24)26-4/h5-9,11-12,14H,10,13H2,1-4H3. The van der Waals surface area contributed by atoms with Crippen LogP contribution in [0.4, 0.5) is 0 Å². The number of hydrogen-bond donors (Lipinski definition) is 0. The number of carbonyl (C=O) groups is 1. The highest BCUT2D eigenvalue weighted by molar-refractivity contribution is 5.87. The van der Waals surface area contributed by atoms with Gasteiger partial charge in [0.1, 0.15) is 11.4 Å². The molecule has 0 unspecified atom stereocenters. The number of esters is 1. The second kappa shape index (κ2) is 7.60. The molecule has 0 saturated carbocycles. The van der Waals surface area contributed by atoms with Gasteiger partial charge in [0.15, 0.2) is 0 Å². The Morgan fingerprint density at radius 2 is 1.96 bits per heavy atom. The van der Waals surface area contributed by atoms with Crippen molar-refractivity contribution >= 4 is 16.9 Å². The third-order valence-corrected chi connectivity index (χ3v) is 4.33. The number of methoxy groups -OCH3 is 2. The van der Waals surface area contributed by atoms with E-state index in [1.807, 2.05) is 24.3 Å². The second-order valence-corrected chi connectivity index (χ2v) is 6.75. The van der Waals surface area contributed by atoms with Gasteiger partial charge in [-0.1, -0.05) is 19.9 Å². The third kappa shape index (κ3) is 3.72. The summed E-state index contributed by atoms with van der Waals surface area (Å²) < 4.78 is 12.4. The SMILES string of the molecule is COC(=O)c1cccc(Cn2c(CC(C)C)cc3cc(OC)ccc32)n1. The number of benzene rings is 1. The number of hydrogen-bond acceptors (Lipinski definition) is 4. The lowest BCUT2D eigenvalue weighted by molar-refractivity contribution is 0.0593. The highest BCUT2D eigenvalue weighted by Gasteiger charge is 2.13. The maximum atomic E-state index is 11.8. The van der Waals surface area contributed by atoms with Crippen molar-refractivity contribution in [1.82, 2.24) is 9.55 Å². The molecule has 0 radical (unpaired) electrons. The van der Waals surface area contributed by atoms with Crippen LogP contribution < -0.4 is 4.74 Å². The quantitative estimate of drug-likeness (QED) is 0.627. The van der Waals surface area contributed by atoms with Crippen LogP contribution in [0.3, 0.4) is 0 Å². The average molecular weight is 352 g/mol. The van der Waals surface area contributed by atoms with Crippen LogP contribution in [0.15, 0.2) is 42.5 Å². The van der Waals surface area contributed by atoms with E-state index in [2.05, 4.69) is 35.5 Å². The normalized spacial score (nSPS) is 11.1. The first-order chi connectivity index (χ1) is 12.5. The van der Waals surface area contributed by atoms with Crippen LogP contribution in [-0.4, -0.2) is 29.7 Å². The summed E-state index contributed by atoms with van der Waals surface area (Å²) in [5.41, 5.74) is 3.53. The van der Waals surface area contributed by atoms with Crippen LogP contribution in [0.2, 0.25) is 0 Å². The highest BCUT2D eigenvalue weighted by atomic mass is 16.5. The van der Waals surface area contributed by atoms with E-state index < -0.39 is 5.97 Å². The van der Waals surface area contributed by atoms with Crippen LogP contribution >= 0.6 is 0 Å². The Labute approximate surface area is 153 Å². The van der Waals surface area contributed by atoms with Crippen LogP contribution in [-0.2, 0) is 17.7 Å². The maximum absolute atomic E-state index is 11.8. The van der Waals surface area contributed by atoms with Gasteiger partial charge in [-0.2, -0.15) is 0 Å². The minimum atomic E-state index is -0.420. The summed E-state index contributed by atoms with van der Waals surface area (Å²) in [6, 6.07) is 13.7. The lowest BCUT2D eigenvalue weighted by Crippen LogP contribution is -2.10. The molecule has 0 spiro atoms. The molecule has 136 valence electrons. The van der Waals surface area contributed by atoms with E-state index in [4.69, 9.17) is 9.47 Å². The summed E-state index contributed by atoms with van der Waals surface area (Å²) in [6.07, 6.45) is 0.966. The van der Waals surface area contributed by atoms with Gasteiger partial charge in [-0.25, -0.2) is 9.78 Å². The van der Waals surface area contributed by atoms with Crippen LogP contribution in [0.5, 0.6) is 5.75 Å². The molecule has 0 aliphatic heterocycles. The number of fused-ring (bicyclic) bond motifs is 1. The minimum absolute atomic E-state index is 0.327. The number of aromatic nitrogens is 2. The molecule has 5 heteroatoms. The Hall–Kier alpha value is -2.82. The zero-order valence-electron chi connectivity index (χ0n) is 15.7.